The summed E-state index contributed by atoms with van der Waals surface area (Å²) in [5.74, 6) is 2.75. The number of rotatable bonds is 3. The van der Waals surface area contributed by atoms with Crippen LogP contribution in [-0.2, 0) is 0 Å². The van der Waals surface area contributed by atoms with Gasteiger partial charge in [-0.25, -0.2) is 0 Å². The quantitative estimate of drug-likeness (QED) is 0.837. The zero-order chi connectivity index (χ0) is 12.5. The standard InChI is InChI=1S/C14H16N2S/c1-5-14(3,4)16-10(2)11-8-13-12(15-9-11)6-7-17-13/h1,6-10,16H,2-4H3. The lowest BCUT2D eigenvalue weighted by Crippen LogP contribution is -2.39. The largest absolute Gasteiger partial charge is 0.295 e. The van der Waals surface area contributed by atoms with Crippen LogP contribution in [0.3, 0.4) is 0 Å². The fraction of sp³-hybridized carbons (Fsp3) is 0.357. The van der Waals surface area contributed by atoms with E-state index in [1.807, 2.05) is 26.1 Å². The van der Waals surface area contributed by atoms with Crippen LogP contribution >= 0.6 is 11.3 Å². The van der Waals surface area contributed by atoms with Crippen LogP contribution in [0, 0.1) is 12.3 Å². The number of pyridine rings is 1. The molecule has 0 amide bonds. The second kappa shape index (κ2) is 4.48. The number of terminal acetylenes is 1. The predicted molar refractivity (Wildman–Crippen MR) is 74.1 cm³/mol. The molecule has 1 unspecified atom stereocenters. The van der Waals surface area contributed by atoms with E-state index in [9.17, 15) is 0 Å². The maximum atomic E-state index is 5.48. The molecule has 2 heterocycles. The molecular weight excluding hydrogens is 228 g/mol. The van der Waals surface area contributed by atoms with E-state index in [4.69, 9.17) is 6.42 Å². The summed E-state index contributed by atoms with van der Waals surface area (Å²) >= 11 is 1.71. The highest BCUT2D eigenvalue weighted by molar-refractivity contribution is 7.17. The van der Waals surface area contributed by atoms with Crippen LogP contribution in [0.2, 0.25) is 0 Å². The van der Waals surface area contributed by atoms with Crippen molar-refractivity contribution < 1.29 is 0 Å². The second-order valence-corrected chi connectivity index (χ2v) is 5.66. The zero-order valence-corrected chi connectivity index (χ0v) is 11.1. The molecule has 0 radical (unpaired) electrons. The van der Waals surface area contributed by atoms with E-state index in [-0.39, 0.29) is 11.6 Å². The third-order valence-corrected chi connectivity index (χ3v) is 3.62. The van der Waals surface area contributed by atoms with E-state index in [1.165, 1.54) is 10.3 Å². The topological polar surface area (TPSA) is 24.9 Å². The van der Waals surface area contributed by atoms with Gasteiger partial charge < -0.3 is 0 Å². The molecule has 1 N–H and O–H groups in total. The number of hydrogen-bond donors (Lipinski definition) is 1. The van der Waals surface area contributed by atoms with E-state index in [0.29, 0.717) is 0 Å². The number of hydrogen-bond acceptors (Lipinski definition) is 3. The van der Waals surface area contributed by atoms with Crippen molar-refractivity contribution in [1.82, 2.24) is 10.3 Å². The highest BCUT2D eigenvalue weighted by atomic mass is 32.1. The van der Waals surface area contributed by atoms with Gasteiger partial charge in [0.15, 0.2) is 0 Å². The Bertz CT molecular complexity index is 563. The van der Waals surface area contributed by atoms with Crippen molar-refractivity contribution in [2.45, 2.75) is 32.4 Å². The van der Waals surface area contributed by atoms with Gasteiger partial charge in [0.2, 0.25) is 0 Å². The third-order valence-electron chi connectivity index (χ3n) is 2.76. The Morgan fingerprint density at radius 2 is 2.29 bits per heavy atom. The SMILES string of the molecule is C#CC(C)(C)NC(C)c1cnc2ccsc2c1. The lowest BCUT2D eigenvalue weighted by atomic mass is 10.0. The number of fused-ring (bicyclic) bond motifs is 1. The molecule has 0 bridgehead atoms. The van der Waals surface area contributed by atoms with Crippen molar-refractivity contribution in [2.75, 3.05) is 0 Å². The Kier molecular flexibility index (Phi) is 3.19. The van der Waals surface area contributed by atoms with Gasteiger partial charge in [-0.05, 0) is 43.8 Å². The zero-order valence-electron chi connectivity index (χ0n) is 10.3. The average Bonchev–Trinajstić information content (AvgIpc) is 2.75. The fourth-order valence-electron chi connectivity index (χ4n) is 1.76. The normalized spacial score (nSPS) is 13.5. The van der Waals surface area contributed by atoms with Gasteiger partial charge in [-0.3, -0.25) is 10.3 Å². The summed E-state index contributed by atoms with van der Waals surface area (Å²) in [6.07, 6.45) is 7.40. The molecule has 0 aromatic carbocycles. The van der Waals surface area contributed by atoms with Gasteiger partial charge in [-0.15, -0.1) is 17.8 Å². The summed E-state index contributed by atoms with van der Waals surface area (Å²) in [6, 6.07) is 4.41. The monoisotopic (exact) mass is 244 g/mol. The van der Waals surface area contributed by atoms with Crippen LogP contribution in [0.4, 0.5) is 0 Å². The molecule has 0 saturated heterocycles. The smallest absolute Gasteiger partial charge is 0.0809 e. The highest BCUT2D eigenvalue weighted by Crippen LogP contribution is 2.23. The van der Waals surface area contributed by atoms with Crippen molar-refractivity contribution in [3.05, 3.63) is 29.3 Å². The lowest BCUT2D eigenvalue weighted by Gasteiger charge is -2.25. The number of aromatic nitrogens is 1. The van der Waals surface area contributed by atoms with Gasteiger partial charge in [-0.2, -0.15) is 0 Å². The van der Waals surface area contributed by atoms with Crippen molar-refractivity contribution in [3.8, 4) is 12.3 Å². The van der Waals surface area contributed by atoms with Gasteiger partial charge in [0.25, 0.3) is 0 Å². The molecule has 0 fully saturated rings. The van der Waals surface area contributed by atoms with Crippen LogP contribution in [0.1, 0.15) is 32.4 Å². The first-order chi connectivity index (χ1) is 8.02. The summed E-state index contributed by atoms with van der Waals surface area (Å²) in [5, 5.41) is 5.47. The van der Waals surface area contributed by atoms with Gasteiger partial charge in [-0.1, -0.05) is 5.92 Å². The van der Waals surface area contributed by atoms with Crippen molar-refractivity contribution in [3.63, 3.8) is 0 Å². The molecule has 0 aliphatic rings. The molecular formula is C14H16N2S. The molecule has 0 aliphatic carbocycles. The Morgan fingerprint density at radius 3 is 3.00 bits per heavy atom. The molecule has 17 heavy (non-hydrogen) atoms. The molecule has 0 spiro atoms. The minimum Gasteiger partial charge on any atom is -0.295 e. The third kappa shape index (κ3) is 2.66. The second-order valence-electron chi connectivity index (χ2n) is 4.71. The van der Waals surface area contributed by atoms with Crippen LogP contribution in [0.15, 0.2) is 23.7 Å². The van der Waals surface area contributed by atoms with E-state index >= 15 is 0 Å². The van der Waals surface area contributed by atoms with E-state index < -0.39 is 0 Å². The number of nitrogens with one attached hydrogen (secondary N) is 1. The first kappa shape index (κ1) is 12.1. The molecule has 1 atom stereocenters. The Hall–Kier alpha value is -1.37. The van der Waals surface area contributed by atoms with Crippen LogP contribution in [-0.4, -0.2) is 10.5 Å². The minimum absolute atomic E-state index is 0.194. The summed E-state index contributed by atoms with van der Waals surface area (Å²) in [6.45, 7) is 6.11. The summed E-state index contributed by atoms with van der Waals surface area (Å²) in [4.78, 5) is 4.44. The van der Waals surface area contributed by atoms with Gasteiger partial charge in [0, 0.05) is 12.2 Å². The first-order valence-electron chi connectivity index (χ1n) is 5.60. The van der Waals surface area contributed by atoms with Crippen LogP contribution in [0.25, 0.3) is 10.2 Å². The van der Waals surface area contributed by atoms with Gasteiger partial charge in [0.05, 0.1) is 15.8 Å². The van der Waals surface area contributed by atoms with Gasteiger partial charge >= 0.3 is 0 Å². The van der Waals surface area contributed by atoms with E-state index in [2.05, 4.69) is 34.6 Å². The molecule has 88 valence electrons. The molecule has 2 aromatic heterocycles. The Morgan fingerprint density at radius 1 is 1.53 bits per heavy atom. The maximum Gasteiger partial charge on any atom is 0.0809 e. The lowest BCUT2D eigenvalue weighted by molar-refractivity contribution is 0.431. The van der Waals surface area contributed by atoms with Crippen molar-refractivity contribution >= 4 is 21.6 Å². The van der Waals surface area contributed by atoms with Gasteiger partial charge in [0.1, 0.15) is 0 Å². The summed E-state index contributed by atoms with van der Waals surface area (Å²) in [5.41, 5.74) is 1.93. The highest BCUT2D eigenvalue weighted by Gasteiger charge is 2.18. The van der Waals surface area contributed by atoms with Crippen molar-refractivity contribution in [1.29, 1.82) is 0 Å². The predicted octanol–water partition coefficient (Wildman–Crippen LogP) is 3.36. The minimum atomic E-state index is -0.302. The molecule has 2 nitrogen and oxygen atoms in total. The fourth-order valence-corrected chi connectivity index (χ4v) is 2.55. The summed E-state index contributed by atoms with van der Waals surface area (Å²) < 4.78 is 1.22. The molecule has 0 aliphatic heterocycles. The maximum absolute atomic E-state index is 5.48. The van der Waals surface area contributed by atoms with E-state index in [1.54, 1.807) is 11.3 Å². The number of thiophene rings is 1. The Balaban J connectivity index is 2.24. The Labute approximate surface area is 106 Å². The molecule has 2 rings (SSSR count). The van der Waals surface area contributed by atoms with Crippen LogP contribution in [0.5, 0.6) is 0 Å². The average molecular weight is 244 g/mol. The number of nitrogens with zero attached hydrogens (tertiary/aromatic N) is 1. The van der Waals surface area contributed by atoms with E-state index in [0.717, 1.165) is 5.52 Å². The van der Waals surface area contributed by atoms with Crippen LogP contribution < -0.4 is 5.32 Å². The summed E-state index contributed by atoms with van der Waals surface area (Å²) in [7, 11) is 0. The molecule has 0 saturated carbocycles. The first-order valence-corrected chi connectivity index (χ1v) is 6.48. The molecule has 2 aromatic rings. The van der Waals surface area contributed by atoms with Crippen molar-refractivity contribution in [2.24, 2.45) is 0 Å². The molecule has 3 heteroatoms.